The normalized spacial score (nSPS) is 13.3. The van der Waals surface area contributed by atoms with Crippen LogP contribution in [0.2, 0.25) is 0 Å². The topological polar surface area (TPSA) is 52.0 Å². The van der Waals surface area contributed by atoms with E-state index in [2.05, 4.69) is 36.3 Å². The van der Waals surface area contributed by atoms with Crippen molar-refractivity contribution >= 4 is 0 Å². The van der Waals surface area contributed by atoms with Crippen molar-refractivity contribution in [1.82, 2.24) is 20.1 Å². The highest BCUT2D eigenvalue weighted by Crippen LogP contribution is 2.05. The number of ether oxygens (including phenoxy) is 1. The van der Waals surface area contributed by atoms with Crippen LogP contribution >= 0.6 is 0 Å². The van der Waals surface area contributed by atoms with Crippen molar-refractivity contribution in [1.29, 1.82) is 0 Å². The van der Waals surface area contributed by atoms with Crippen LogP contribution in [0.1, 0.15) is 32.6 Å². The van der Waals surface area contributed by atoms with Gasteiger partial charge < -0.3 is 14.6 Å². The summed E-state index contributed by atoms with van der Waals surface area (Å²) in [5, 5.41) is 11.3. The molecule has 0 aliphatic carbocycles. The van der Waals surface area contributed by atoms with E-state index >= 15 is 0 Å². The molecule has 1 aromatic rings. The Morgan fingerprint density at radius 2 is 2.19 bits per heavy atom. The van der Waals surface area contributed by atoms with Gasteiger partial charge in [-0.2, -0.15) is 0 Å². The number of aromatic nitrogens is 3. The Labute approximate surface area is 97.2 Å². The van der Waals surface area contributed by atoms with Crippen LogP contribution in [0.15, 0.2) is 6.33 Å². The van der Waals surface area contributed by atoms with Crippen molar-refractivity contribution in [2.75, 3.05) is 19.8 Å². The summed E-state index contributed by atoms with van der Waals surface area (Å²) in [6.07, 6.45) is 1.71. The standard InChI is InChI=1S/C11H22N4O/c1-9(2)7-16-6-5-12-10(3)11-14-13-8-15(11)4/h8-10,12H,5-7H2,1-4H3. The Balaban J connectivity index is 2.16. The summed E-state index contributed by atoms with van der Waals surface area (Å²) in [6.45, 7) is 8.76. The third-order valence-corrected chi connectivity index (χ3v) is 2.28. The summed E-state index contributed by atoms with van der Waals surface area (Å²) in [6, 6.07) is 0.204. The summed E-state index contributed by atoms with van der Waals surface area (Å²) in [5.74, 6) is 1.54. The lowest BCUT2D eigenvalue weighted by Crippen LogP contribution is -2.25. The molecule has 0 saturated carbocycles. The van der Waals surface area contributed by atoms with E-state index in [1.165, 1.54) is 0 Å². The summed E-state index contributed by atoms with van der Waals surface area (Å²) in [7, 11) is 1.95. The van der Waals surface area contributed by atoms with Crippen molar-refractivity contribution in [3.8, 4) is 0 Å². The van der Waals surface area contributed by atoms with Gasteiger partial charge >= 0.3 is 0 Å². The van der Waals surface area contributed by atoms with Gasteiger partial charge in [-0.3, -0.25) is 0 Å². The highest BCUT2D eigenvalue weighted by atomic mass is 16.5. The average molecular weight is 226 g/mol. The predicted octanol–water partition coefficient (Wildman–Crippen LogP) is 1.14. The summed E-state index contributed by atoms with van der Waals surface area (Å²) in [5.41, 5.74) is 0. The van der Waals surface area contributed by atoms with E-state index in [-0.39, 0.29) is 6.04 Å². The van der Waals surface area contributed by atoms with Gasteiger partial charge in [0.15, 0.2) is 0 Å². The highest BCUT2D eigenvalue weighted by molar-refractivity contribution is 4.91. The van der Waals surface area contributed by atoms with Crippen LogP contribution in [-0.2, 0) is 11.8 Å². The second-order valence-electron chi connectivity index (χ2n) is 4.44. The number of rotatable bonds is 7. The maximum atomic E-state index is 5.49. The third kappa shape index (κ3) is 4.28. The molecule has 1 aromatic heterocycles. The molecule has 5 heteroatoms. The van der Waals surface area contributed by atoms with E-state index in [0.717, 1.165) is 25.6 Å². The molecule has 0 aliphatic rings. The van der Waals surface area contributed by atoms with Gasteiger partial charge in [-0.15, -0.1) is 10.2 Å². The lowest BCUT2D eigenvalue weighted by Gasteiger charge is -2.13. The SMILES string of the molecule is CC(C)COCCNC(C)c1nncn1C. The average Bonchev–Trinajstić information content (AvgIpc) is 2.63. The molecule has 1 atom stereocenters. The van der Waals surface area contributed by atoms with Crippen molar-refractivity contribution in [2.45, 2.75) is 26.8 Å². The van der Waals surface area contributed by atoms with E-state index in [1.807, 2.05) is 11.6 Å². The Morgan fingerprint density at radius 3 is 2.75 bits per heavy atom. The highest BCUT2D eigenvalue weighted by Gasteiger charge is 2.09. The van der Waals surface area contributed by atoms with Gasteiger partial charge in [0.1, 0.15) is 12.2 Å². The monoisotopic (exact) mass is 226 g/mol. The molecule has 0 aliphatic heterocycles. The summed E-state index contributed by atoms with van der Waals surface area (Å²) in [4.78, 5) is 0. The lowest BCUT2D eigenvalue weighted by atomic mass is 10.2. The van der Waals surface area contributed by atoms with E-state index in [1.54, 1.807) is 6.33 Å². The molecule has 0 fully saturated rings. The van der Waals surface area contributed by atoms with Crippen LogP contribution in [-0.4, -0.2) is 34.5 Å². The lowest BCUT2D eigenvalue weighted by molar-refractivity contribution is 0.110. The molecular weight excluding hydrogens is 204 g/mol. The second-order valence-corrected chi connectivity index (χ2v) is 4.44. The number of nitrogens with zero attached hydrogens (tertiary/aromatic N) is 3. The van der Waals surface area contributed by atoms with Gasteiger partial charge in [0, 0.05) is 20.2 Å². The number of hydrogen-bond acceptors (Lipinski definition) is 4. The molecule has 1 N–H and O–H groups in total. The second kappa shape index (κ2) is 6.60. The van der Waals surface area contributed by atoms with Gasteiger partial charge in [0.05, 0.1) is 12.6 Å². The van der Waals surface area contributed by atoms with Gasteiger partial charge in [-0.1, -0.05) is 13.8 Å². The first-order valence-corrected chi connectivity index (χ1v) is 5.76. The molecule has 0 saturated heterocycles. The fourth-order valence-electron chi connectivity index (χ4n) is 1.44. The molecule has 1 rings (SSSR count). The van der Waals surface area contributed by atoms with Gasteiger partial charge in [0.2, 0.25) is 0 Å². The molecule has 0 radical (unpaired) electrons. The molecular formula is C11H22N4O. The number of nitrogens with one attached hydrogen (secondary N) is 1. The maximum Gasteiger partial charge on any atom is 0.149 e. The molecule has 1 unspecified atom stereocenters. The molecule has 16 heavy (non-hydrogen) atoms. The first-order valence-electron chi connectivity index (χ1n) is 5.76. The predicted molar refractivity (Wildman–Crippen MR) is 63.1 cm³/mol. The Bertz CT molecular complexity index is 298. The quantitative estimate of drug-likeness (QED) is 0.708. The molecule has 5 nitrogen and oxygen atoms in total. The fraction of sp³-hybridized carbons (Fsp3) is 0.818. The van der Waals surface area contributed by atoms with Crippen molar-refractivity contribution in [3.05, 3.63) is 12.2 Å². The third-order valence-electron chi connectivity index (χ3n) is 2.28. The zero-order chi connectivity index (χ0) is 12.0. The van der Waals surface area contributed by atoms with Crippen LogP contribution in [0.3, 0.4) is 0 Å². The fourth-order valence-corrected chi connectivity index (χ4v) is 1.44. The van der Waals surface area contributed by atoms with Crippen molar-refractivity contribution < 1.29 is 4.74 Å². The van der Waals surface area contributed by atoms with Crippen LogP contribution in [0.4, 0.5) is 0 Å². The van der Waals surface area contributed by atoms with Crippen LogP contribution in [0.25, 0.3) is 0 Å². The van der Waals surface area contributed by atoms with E-state index in [0.29, 0.717) is 5.92 Å². The molecule has 0 spiro atoms. The molecule has 1 heterocycles. The Morgan fingerprint density at radius 1 is 1.44 bits per heavy atom. The van der Waals surface area contributed by atoms with E-state index in [9.17, 15) is 0 Å². The van der Waals surface area contributed by atoms with Gasteiger partial charge in [-0.05, 0) is 12.8 Å². The van der Waals surface area contributed by atoms with Crippen molar-refractivity contribution in [3.63, 3.8) is 0 Å². The molecule has 0 aromatic carbocycles. The summed E-state index contributed by atoms with van der Waals surface area (Å²) < 4.78 is 7.41. The minimum Gasteiger partial charge on any atom is -0.380 e. The Hall–Kier alpha value is -0.940. The molecule has 92 valence electrons. The smallest absolute Gasteiger partial charge is 0.149 e. The minimum atomic E-state index is 0.204. The maximum absolute atomic E-state index is 5.49. The van der Waals surface area contributed by atoms with E-state index < -0.39 is 0 Å². The van der Waals surface area contributed by atoms with Crippen LogP contribution in [0.5, 0.6) is 0 Å². The van der Waals surface area contributed by atoms with Crippen LogP contribution < -0.4 is 5.32 Å². The largest absolute Gasteiger partial charge is 0.380 e. The first kappa shape index (κ1) is 13.1. The van der Waals surface area contributed by atoms with Gasteiger partial charge in [0.25, 0.3) is 0 Å². The zero-order valence-corrected chi connectivity index (χ0v) is 10.6. The van der Waals surface area contributed by atoms with Gasteiger partial charge in [-0.25, -0.2) is 0 Å². The van der Waals surface area contributed by atoms with Crippen molar-refractivity contribution in [2.24, 2.45) is 13.0 Å². The minimum absolute atomic E-state index is 0.204. The zero-order valence-electron chi connectivity index (χ0n) is 10.6. The number of hydrogen-bond donors (Lipinski definition) is 1. The molecule has 0 bridgehead atoms. The Kier molecular flexibility index (Phi) is 5.42. The van der Waals surface area contributed by atoms with E-state index in [4.69, 9.17) is 4.74 Å². The summed E-state index contributed by atoms with van der Waals surface area (Å²) >= 11 is 0. The first-order chi connectivity index (χ1) is 7.61. The van der Waals surface area contributed by atoms with Crippen LogP contribution in [0, 0.1) is 5.92 Å². The number of aryl methyl sites for hydroxylation is 1. The molecule has 0 amide bonds.